The highest BCUT2D eigenvalue weighted by Crippen LogP contribution is 2.63. The number of esters is 1. The standard InChI is InChI=1S/C17H27NO4/c1-16-6-5-13-17(2,9-20-15(8-18)22-13)12(16)4-3-11-10(16)7-14(19)21-11/h10-13,15H,3-9,18H2,1-2H3/t10-,11-,12+,13-,15-,16+,17-/m1/s1. The maximum absolute atomic E-state index is 11.8. The summed E-state index contributed by atoms with van der Waals surface area (Å²) < 4.78 is 17.6. The van der Waals surface area contributed by atoms with Gasteiger partial charge in [-0.15, -0.1) is 0 Å². The van der Waals surface area contributed by atoms with Crippen molar-refractivity contribution in [3.8, 4) is 0 Å². The van der Waals surface area contributed by atoms with Crippen LogP contribution in [0.1, 0.15) is 46.0 Å². The van der Waals surface area contributed by atoms with E-state index in [4.69, 9.17) is 19.9 Å². The van der Waals surface area contributed by atoms with E-state index >= 15 is 0 Å². The zero-order valence-corrected chi connectivity index (χ0v) is 13.5. The third-order valence-corrected chi connectivity index (χ3v) is 7.07. The van der Waals surface area contributed by atoms with Crippen molar-refractivity contribution in [1.82, 2.24) is 0 Å². The Morgan fingerprint density at radius 3 is 2.82 bits per heavy atom. The molecule has 0 bridgehead atoms. The molecule has 2 heterocycles. The number of carbonyl (C=O) groups excluding carboxylic acids is 1. The van der Waals surface area contributed by atoms with Gasteiger partial charge in [0.2, 0.25) is 0 Å². The van der Waals surface area contributed by atoms with Crippen LogP contribution in [0.15, 0.2) is 0 Å². The lowest BCUT2D eigenvalue weighted by Gasteiger charge is -2.62. The van der Waals surface area contributed by atoms with Gasteiger partial charge in [0.1, 0.15) is 6.10 Å². The van der Waals surface area contributed by atoms with E-state index in [9.17, 15) is 4.79 Å². The van der Waals surface area contributed by atoms with Crippen molar-refractivity contribution in [2.24, 2.45) is 28.4 Å². The Labute approximate surface area is 131 Å². The number of hydrogen-bond acceptors (Lipinski definition) is 5. The monoisotopic (exact) mass is 309 g/mol. The van der Waals surface area contributed by atoms with Gasteiger partial charge in [-0.05, 0) is 37.0 Å². The van der Waals surface area contributed by atoms with E-state index in [2.05, 4.69) is 13.8 Å². The Morgan fingerprint density at radius 1 is 1.23 bits per heavy atom. The topological polar surface area (TPSA) is 70.8 Å². The highest BCUT2D eigenvalue weighted by atomic mass is 16.7. The number of ether oxygens (including phenoxy) is 3. The molecule has 0 spiro atoms. The molecule has 2 saturated carbocycles. The van der Waals surface area contributed by atoms with Gasteiger partial charge in [0.25, 0.3) is 0 Å². The predicted octanol–water partition coefficient (Wildman–Crippen LogP) is 1.83. The van der Waals surface area contributed by atoms with Crippen molar-refractivity contribution in [3.63, 3.8) is 0 Å². The minimum Gasteiger partial charge on any atom is -0.462 e. The van der Waals surface area contributed by atoms with E-state index in [1.54, 1.807) is 0 Å². The molecule has 2 N–H and O–H groups in total. The fourth-order valence-corrected chi connectivity index (χ4v) is 5.92. The highest BCUT2D eigenvalue weighted by molar-refractivity contribution is 5.72. The zero-order valence-electron chi connectivity index (χ0n) is 13.5. The molecule has 0 unspecified atom stereocenters. The summed E-state index contributed by atoms with van der Waals surface area (Å²) in [7, 11) is 0. The van der Waals surface area contributed by atoms with Crippen LogP contribution in [-0.2, 0) is 19.0 Å². The maximum atomic E-state index is 11.8. The van der Waals surface area contributed by atoms with Crippen molar-refractivity contribution in [2.45, 2.75) is 64.4 Å². The molecule has 2 aliphatic heterocycles. The molecule has 4 fully saturated rings. The highest BCUT2D eigenvalue weighted by Gasteiger charge is 2.63. The molecule has 0 aromatic rings. The first-order chi connectivity index (χ1) is 10.5. The first-order valence-corrected chi connectivity index (χ1v) is 8.64. The van der Waals surface area contributed by atoms with E-state index in [0.29, 0.717) is 31.4 Å². The molecule has 124 valence electrons. The smallest absolute Gasteiger partial charge is 0.306 e. The summed E-state index contributed by atoms with van der Waals surface area (Å²) in [5, 5.41) is 0. The van der Waals surface area contributed by atoms with E-state index in [0.717, 1.165) is 25.7 Å². The quantitative estimate of drug-likeness (QED) is 0.748. The fraction of sp³-hybridized carbons (Fsp3) is 0.941. The SMILES string of the molecule is C[C@@]12CC[C@H]3O[C@H](CN)OC[C@]3(C)[C@H]1CC[C@H]1OC(=O)C[C@H]12. The van der Waals surface area contributed by atoms with Crippen LogP contribution >= 0.6 is 0 Å². The number of nitrogens with two attached hydrogens (primary N) is 1. The molecule has 0 radical (unpaired) electrons. The summed E-state index contributed by atoms with van der Waals surface area (Å²) in [6, 6.07) is 0. The predicted molar refractivity (Wildman–Crippen MR) is 79.8 cm³/mol. The number of fused-ring (bicyclic) bond motifs is 5. The van der Waals surface area contributed by atoms with Crippen LogP contribution in [0.4, 0.5) is 0 Å². The summed E-state index contributed by atoms with van der Waals surface area (Å²) in [5.74, 6) is 0.875. The van der Waals surface area contributed by atoms with Crippen molar-refractivity contribution in [2.75, 3.05) is 13.2 Å². The number of carbonyl (C=O) groups is 1. The average Bonchev–Trinajstić information content (AvgIpc) is 2.88. The first-order valence-electron chi connectivity index (χ1n) is 8.64. The molecular formula is C17H27NO4. The van der Waals surface area contributed by atoms with E-state index in [1.807, 2.05) is 0 Å². The largest absolute Gasteiger partial charge is 0.462 e. The van der Waals surface area contributed by atoms with Crippen LogP contribution in [0.25, 0.3) is 0 Å². The van der Waals surface area contributed by atoms with E-state index in [1.165, 1.54) is 0 Å². The van der Waals surface area contributed by atoms with Gasteiger partial charge in [0, 0.05) is 17.9 Å². The van der Waals surface area contributed by atoms with Crippen LogP contribution in [-0.4, -0.2) is 37.6 Å². The molecule has 4 rings (SSSR count). The van der Waals surface area contributed by atoms with Gasteiger partial charge >= 0.3 is 5.97 Å². The van der Waals surface area contributed by atoms with Gasteiger partial charge in [-0.3, -0.25) is 4.79 Å². The lowest BCUT2D eigenvalue weighted by atomic mass is 9.46. The van der Waals surface area contributed by atoms with Crippen molar-refractivity contribution in [3.05, 3.63) is 0 Å². The lowest BCUT2D eigenvalue weighted by Crippen LogP contribution is -2.62. The van der Waals surface area contributed by atoms with Gasteiger partial charge in [0.15, 0.2) is 6.29 Å². The van der Waals surface area contributed by atoms with E-state index in [-0.39, 0.29) is 35.3 Å². The fourth-order valence-electron chi connectivity index (χ4n) is 5.92. The second kappa shape index (κ2) is 4.92. The molecule has 2 saturated heterocycles. The van der Waals surface area contributed by atoms with Crippen LogP contribution < -0.4 is 5.73 Å². The van der Waals surface area contributed by atoms with Crippen molar-refractivity contribution >= 4 is 5.97 Å². The Hall–Kier alpha value is -0.650. The summed E-state index contributed by atoms with van der Waals surface area (Å²) >= 11 is 0. The normalized spacial score (nSPS) is 54.1. The molecule has 5 heteroatoms. The zero-order chi connectivity index (χ0) is 15.5. The van der Waals surface area contributed by atoms with Crippen molar-refractivity contribution in [1.29, 1.82) is 0 Å². The second-order valence-electron chi connectivity index (χ2n) is 8.12. The molecule has 22 heavy (non-hydrogen) atoms. The third kappa shape index (κ3) is 1.91. The van der Waals surface area contributed by atoms with Crippen LogP contribution in [0.3, 0.4) is 0 Å². The minimum atomic E-state index is -0.254. The summed E-state index contributed by atoms with van der Waals surface area (Å²) in [5.41, 5.74) is 5.89. The van der Waals surface area contributed by atoms with Gasteiger partial charge in [-0.25, -0.2) is 0 Å². The molecule has 0 aromatic carbocycles. The Bertz CT molecular complexity index is 483. The van der Waals surface area contributed by atoms with Crippen LogP contribution in [0.2, 0.25) is 0 Å². The molecular weight excluding hydrogens is 282 g/mol. The summed E-state index contributed by atoms with van der Waals surface area (Å²) in [6.07, 6.45) is 4.91. The Kier molecular flexibility index (Phi) is 3.34. The molecule has 4 aliphatic rings. The summed E-state index contributed by atoms with van der Waals surface area (Å²) in [6.45, 7) is 5.81. The van der Waals surface area contributed by atoms with Crippen LogP contribution in [0, 0.1) is 22.7 Å². The molecule has 0 amide bonds. The van der Waals surface area contributed by atoms with E-state index < -0.39 is 0 Å². The molecule has 2 aliphatic carbocycles. The Balaban J connectivity index is 1.63. The Morgan fingerprint density at radius 2 is 2.05 bits per heavy atom. The van der Waals surface area contributed by atoms with Gasteiger partial charge in [-0.1, -0.05) is 13.8 Å². The third-order valence-electron chi connectivity index (χ3n) is 7.07. The maximum Gasteiger partial charge on any atom is 0.306 e. The van der Waals surface area contributed by atoms with Gasteiger partial charge in [-0.2, -0.15) is 0 Å². The lowest BCUT2D eigenvalue weighted by molar-refractivity contribution is -0.303. The first kappa shape index (κ1) is 14.9. The minimum absolute atomic E-state index is 0.0107. The molecule has 7 atom stereocenters. The average molecular weight is 309 g/mol. The number of rotatable bonds is 1. The van der Waals surface area contributed by atoms with Crippen molar-refractivity contribution < 1.29 is 19.0 Å². The van der Waals surface area contributed by atoms with Gasteiger partial charge in [0.05, 0.1) is 19.1 Å². The molecule has 0 aromatic heterocycles. The second-order valence-corrected chi connectivity index (χ2v) is 8.12. The molecule has 5 nitrogen and oxygen atoms in total. The van der Waals surface area contributed by atoms with Gasteiger partial charge < -0.3 is 19.9 Å². The van der Waals surface area contributed by atoms with Crippen LogP contribution in [0.5, 0.6) is 0 Å². The number of hydrogen-bond donors (Lipinski definition) is 1. The summed E-state index contributed by atoms with van der Waals surface area (Å²) in [4.78, 5) is 11.8.